The molecule has 0 spiro atoms. The van der Waals surface area contributed by atoms with E-state index in [1.54, 1.807) is 18.2 Å². The Hall–Kier alpha value is -1.62. The Balaban J connectivity index is 2.92. The van der Waals surface area contributed by atoms with Crippen LogP contribution in [0.4, 0.5) is 0 Å². The molecule has 0 saturated heterocycles. The van der Waals surface area contributed by atoms with E-state index in [0.717, 1.165) is 6.92 Å². The van der Waals surface area contributed by atoms with E-state index >= 15 is 0 Å². The Morgan fingerprint density at radius 1 is 1.27 bits per heavy atom. The lowest BCUT2D eigenvalue weighted by molar-refractivity contribution is -0.113. The van der Waals surface area contributed by atoms with Gasteiger partial charge in [0.05, 0.1) is 0 Å². The largest absolute Gasteiger partial charge is 0.379 e. The number of ketones is 1. The number of hydrogen-bond acceptors (Lipinski definition) is 4. The van der Waals surface area contributed by atoms with Gasteiger partial charge in [0.15, 0.2) is 5.78 Å². The summed E-state index contributed by atoms with van der Waals surface area (Å²) in [5, 5.41) is 0. The summed E-state index contributed by atoms with van der Waals surface area (Å²) in [5.41, 5.74) is 0. The molecule has 0 radical (unpaired) electrons. The zero-order valence-electron chi connectivity index (χ0n) is 8.14. The van der Waals surface area contributed by atoms with E-state index < -0.39 is 20.8 Å². The van der Waals surface area contributed by atoms with E-state index in [9.17, 15) is 13.2 Å². The molecule has 0 amide bonds. The van der Waals surface area contributed by atoms with Crippen molar-refractivity contribution in [2.45, 2.75) is 6.92 Å². The number of rotatable bonds is 4. The van der Waals surface area contributed by atoms with Gasteiger partial charge in [-0.3, -0.25) is 4.79 Å². The van der Waals surface area contributed by atoms with Gasteiger partial charge in [-0.05, 0) is 19.1 Å². The third kappa shape index (κ3) is 2.92. The molecule has 0 atom stereocenters. The number of para-hydroxylation sites is 1. The molecular formula is C10H10O4S. The van der Waals surface area contributed by atoms with Crippen LogP contribution in [0.15, 0.2) is 41.8 Å². The van der Waals surface area contributed by atoms with Crippen molar-refractivity contribution >= 4 is 15.9 Å². The maximum Gasteiger partial charge on any atom is 0.342 e. The van der Waals surface area contributed by atoms with Crippen molar-refractivity contribution in [2.75, 3.05) is 0 Å². The van der Waals surface area contributed by atoms with Crippen molar-refractivity contribution in [2.24, 2.45) is 0 Å². The summed E-state index contributed by atoms with van der Waals surface area (Å²) in [6.07, 6.45) is 0. The van der Waals surface area contributed by atoms with Crippen LogP contribution >= 0.6 is 0 Å². The zero-order valence-corrected chi connectivity index (χ0v) is 8.95. The van der Waals surface area contributed by atoms with Crippen LogP contribution in [0.5, 0.6) is 5.75 Å². The normalized spacial score (nSPS) is 10.7. The van der Waals surface area contributed by atoms with Crippen LogP contribution in [0.3, 0.4) is 0 Å². The van der Waals surface area contributed by atoms with Crippen molar-refractivity contribution in [1.82, 2.24) is 0 Å². The number of carbonyl (C=O) groups is 1. The molecule has 1 aromatic carbocycles. The van der Waals surface area contributed by atoms with Gasteiger partial charge in [-0.15, -0.1) is 0 Å². The van der Waals surface area contributed by atoms with Gasteiger partial charge in [0, 0.05) is 0 Å². The second-order valence-electron chi connectivity index (χ2n) is 2.83. The molecule has 0 aliphatic heterocycles. The molecule has 0 N–H and O–H groups in total. The van der Waals surface area contributed by atoms with Crippen LogP contribution < -0.4 is 4.18 Å². The first-order chi connectivity index (χ1) is 6.93. The molecule has 0 aliphatic carbocycles. The van der Waals surface area contributed by atoms with Crippen molar-refractivity contribution in [3.8, 4) is 5.75 Å². The molecule has 0 unspecified atom stereocenters. The maximum absolute atomic E-state index is 11.4. The monoisotopic (exact) mass is 226 g/mol. The summed E-state index contributed by atoms with van der Waals surface area (Å²) in [4.78, 5) is 10.3. The first-order valence-corrected chi connectivity index (χ1v) is 5.53. The highest BCUT2D eigenvalue weighted by Crippen LogP contribution is 2.15. The minimum absolute atomic E-state index is 0.153. The first kappa shape index (κ1) is 11.5. The molecule has 4 nitrogen and oxygen atoms in total. The van der Waals surface area contributed by atoms with Gasteiger partial charge in [-0.25, -0.2) is 0 Å². The molecule has 0 bridgehead atoms. The van der Waals surface area contributed by atoms with Crippen LogP contribution in [0, 0.1) is 0 Å². The molecule has 15 heavy (non-hydrogen) atoms. The quantitative estimate of drug-likeness (QED) is 0.576. The summed E-state index contributed by atoms with van der Waals surface area (Å²) in [6, 6.07) is 7.93. The zero-order chi connectivity index (χ0) is 11.5. The molecule has 0 saturated carbocycles. The summed E-state index contributed by atoms with van der Waals surface area (Å²) in [6.45, 7) is 4.28. The van der Waals surface area contributed by atoms with Gasteiger partial charge >= 0.3 is 10.1 Å². The highest BCUT2D eigenvalue weighted by molar-refractivity contribution is 7.92. The van der Waals surface area contributed by atoms with Gasteiger partial charge in [0.1, 0.15) is 10.7 Å². The van der Waals surface area contributed by atoms with Gasteiger partial charge in [0.2, 0.25) is 0 Å². The van der Waals surface area contributed by atoms with E-state index in [2.05, 4.69) is 10.8 Å². The molecule has 0 aliphatic rings. The molecule has 80 valence electrons. The van der Waals surface area contributed by atoms with Crippen LogP contribution in [-0.4, -0.2) is 14.2 Å². The van der Waals surface area contributed by atoms with E-state index in [1.807, 2.05) is 0 Å². The molecule has 1 aromatic rings. The number of Topliss-reactive ketones (excluding diaryl/α,β-unsaturated/α-hetero) is 1. The first-order valence-electron chi connectivity index (χ1n) is 4.13. The van der Waals surface area contributed by atoms with Crippen LogP contribution in [-0.2, 0) is 14.9 Å². The second-order valence-corrected chi connectivity index (χ2v) is 4.40. The van der Waals surface area contributed by atoms with E-state index in [-0.39, 0.29) is 5.75 Å². The van der Waals surface area contributed by atoms with Crippen molar-refractivity contribution in [3.05, 3.63) is 41.8 Å². The molecule has 1 rings (SSSR count). The SMILES string of the molecule is C=C(C(C)=O)S(=O)(=O)Oc1ccccc1. The second kappa shape index (κ2) is 4.27. The fourth-order valence-corrected chi connectivity index (χ4v) is 1.65. The Labute approximate surface area is 88.3 Å². The number of carbonyl (C=O) groups excluding carboxylic acids is 1. The van der Waals surface area contributed by atoms with Gasteiger partial charge in [-0.1, -0.05) is 24.8 Å². The Bertz CT molecular complexity index is 473. The summed E-state index contributed by atoms with van der Waals surface area (Å²) in [7, 11) is -4.06. The maximum atomic E-state index is 11.4. The number of allylic oxidation sites excluding steroid dienone is 1. The Kier molecular flexibility index (Phi) is 3.26. The number of benzene rings is 1. The molecular weight excluding hydrogens is 216 g/mol. The topological polar surface area (TPSA) is 60.4 Å². The Morgan fingerprint density at radius 2 is 1.80 bits per heavy atom. The van der Waals surface area contributed by atoms with Crippen LogP contribution in [0.25, 0.3) is 0 Å². The minimum Gasteiger partial charge on any atom is -0.379 e. The summed E-state index contributed by atoms with van der Waals surface area (Å²) >= 11 is 0. The third-order valence-corrected chi connectivity index (χ3v) is 2.95. The van der Waals surface area contributed by atoms with Crippen molar-refractivity contribution in [1.29, 1.82) is 0 Å². The lowest BCUT2D eigenvalue weighted by Gasteiger charge is -2.06. The number of hydrogen-bond donors (Lipinski definition) is 0. The van der Waals surface area contributed by atoms with E-state index in [1.165, 1.54) is 12.1 Å². The van der Waals surface area contributed by atoms with E-state index in [4.69, 9.17) is 0 Å². The molecule has 5 heteroatoms. The minimum atomic E-state index is -4.06. The molecule has 0 aromatic heterocycles. The van der Waals surface area contributed by atoms with Crippen LogP contribution in [0.1, 0.15) is 6.92 Å². The summed E-state index contributed by atoms with van der Waals surface area (Å²) < 4.78 is 27.5. The molecule has 0 fully saturated rings. The fraction of sp³-hybridized carbons (Fsp3) is 0.100. The lowest BCUT2D eigenvalue weighted by atomic mass is 10.3. The highest BCUT2D eigenvalue weighted by Gasteiger charge is 2.21. The van der Waals surface area contributed by atoms with Crippen molar-refractivity contribution < 1.29 is 17.4 Å². The average molecular weight is 226 g/mol. The Morgan fingerprint density at radius 3 is 2.27 bits per heavy atom. The highest BCUT2D eigenvalue weighted by atomic mass is 32.2. The smallest absolute Gasteiger partial charge is 0.342 e. The predicted octanol–water partition coefficient (Wildman–Crippen LogP) is 1.50. The standard InChI is InChI=1S/C10H10O4S/c1-8(11)9(2)15(12,13)14-10-6-4-3-5-7-10/h3-7H,2H2,1H3. The fourth-order valence-electron chi connectivity index (χ4n) is 0.829. The third-order valence-electron chi connectivity index (χ3n) is 1.64. The van der Waals surface area contributed by atoms with Crippen LogP contribution in [0.2, 0.25) is 0 Å². The van der Waals surface area contributed by atoms with Crippen molar-refractivity contribution in [3.63, 3.8) is 0 Å². The van der Waals surface area contributed by atoms with Gasteiger partial charge < -0.3 is 4.18 Å². The summed E-state index contributed by atoms with van der Waals surface area (Å²) in [5.74, 6) is -0.481. The molecule has 0 heterocycles. The van der Waals surface area contributed by atoms with Gasteiger partial charge in [-0.2, -0.15) is 8.42 Å². The van der Waals surface area contributed by atoms with Gasteiger partial charge in [0.25, 0.3) is 0 Å². The predicted molar refractivity (Wildman–Crippen MR) is 55.8 cm³/mol. The van der Waals surface area contributed by atoms with E-state index in [0.29, 0.717) is 0 Å². The lowest BCUT2D eigenvalue weighted by Crippen LogP contribution is -2.15. The average Bonchev–Trinajstić information content (AvgIpc) is 2.17.